The first-order valence-corrected chi connectivity index (χ1v) is 7.59. The molecule has 1 heteroatoms. The molecule has 0 saturated heterocycles. The highest BCUT2D eigenvalue weighted by molar-refractivity contribution is 5.97. The monoisotopic (exact) mass is 260 g/mol. The van der Waals surface area contributed by atoms with Crippen molar-refractivity contribution in [1.29, 1.82) is 0 Å². The van der Waals surface area contributed by atoms with Gasteiger partial charge >= 0.3 is 0 Å². The van der Waals surface area contributed by atoms with E-state index in [1.807, 2.05) is 0 Å². The molecular formula is C18H28O. The summed E-state index contributed by atoms with van der Waals surface area (Å²) in [7, 11) is 0. The maximum absolute atomic E-state index is 11.8. The summed E-state index contributed by atoms with van der Waals surface area (Å²) in [5, 5.41) is 0. The highest BCUT2D eigenvalue weighted by Gasteiger charge is 2.53. The van der Waals surface area contributed by atoms with Crippen LogP contribution in [-0.4, -0.2) is 5.78 Å². The van der Waals surface area contributed by atoms with Crippen LogP contribution in [0, 0.1) is 35.0 Å². The quantitative estimate of drug-likeness (QED) is 0.706. The Kier molecular flexibility index (Phi) is 3.53. The van der Waals surface area contributed by atoms with Crippen LogP contribution in [0.3, 0.4) is 0 Å². The zero-order valence-corrected chi connectivity index (χ0v) is 13.4. The number of carbonyl (C=O) groups excluding carboxylic acids is 1. The minimum Gasteiger partial charge on any atom is -0.295 e. The van der Waals surface area contributed by atoms with Crippen LogP contribution < -0.4 is 0 Å². The van der Waals surface area contributed by atoms with Crippen molar-refractivity contribution < 1.29 is 4.79 Å². The predicted molar refractivity (Wildman–Crippen MR) is 80.8 cm³/mol. The van der Waals surface area contributed by atoms with E-state index < -0.39 is 0 Å². The van der Waals surface area contributed by atoms with Gasteiger partial charge in [0, 0.05) is 5.57 Å². The first-order valence-electron chi connectivity index (χ1n) is 7.59. The minimum absolute atomic E-state index is 0.215. The molecule has 0 aromatic heterocycles. The number of hydrogen-bond donors (Lipinski definition) is 0. The second kappa shape index (κ2) is 4.61. The molecule has 0 aromatic rings. The van der Waals surface area contributed by atoms with Gasteiger partial charge in [-0.3, -0.25) is 4.79 Å². The van der Waals surface area contributed by atoms with Gasteiger partial charge in [-0.15, -0.1) is 0 Å². The number of ketones is 1. The largest absolute Gasteiger partial charge is 0.295 e. The predicted octanol–water partition coefficient (Wildman–Crippen LogP) is 4.64. The van der Waals surface area contributed by atoms with Crippen molar-refractivity contribution in [3.8, 4) is 0 Å². The van der Waals surface area contributed by atoms with Gasteiger partial charge in [0.05, 0.1) is 0 Å². The number of carbonyl (C=O) groups is 1. The van der Waals surface area contributed by atoms with Crippen LogP contribution in [-0.2, 0) is 4.79 Å². The van der Waals surface area contributed by atoms with E-state index in [4.69, 9.17) is 0 Å². The van der Waals surface area contributed by atoms with Gasteiger partial charge in [-0.05, 0) is 54.4 Å². The lowest BCUT2D eigenvalue weighted by Gasteiger charge is -2.33. The Morgan fingerprint density at radius 3 is 2.32 bits per heavy atom. The summed E-state index contributed by atoms with van der Waals surface area (Å²) >= 11 is 0. The molecule has 0 N–H and O–H groups in total. The van der Waals surface area contributed by atoms with E-state index in [1.54, 1.807) is 6.92 Å². The van der Waals surface area contributed by atoms with Gasteiger partial charge < -0.3 is 0 Å². The Balaban J connectivity index is 2.49. The van der Waals surface area contributed by atoms with Crippen molar-refractivity contribution in [3.63, 3.8) is 0 Å². The van der Waals surface area contributed by atoms with Crippen LogP contribution in [0.5, 0.6) is 0 Å². The van der Waals surface area contributed by atoms with Crippen LogP contribution in [0.4, 0.5) is 0 Å². The minimum atomic E-state index is 0.215. The standard InChI is InChI=1S/C18H28O/c1-10(2)17-12(4)18(6,7)16-8-11(3)14(13(5)19)9-15(16)17/h8-10,12,15-17H,1-7H3/t12-,15-,16+,17+/m0/s1. The molecule has 1 saturated carbocycles. The van der Waals surface area contributed by atoms with Gasteiger partial charge in [0.2, 0.25) is 0 Å². The average Bonchev–Trinajstić information content (AvgIpc) is 2.47. The first-order chi connectivity index (χ1) is 8.67. The molecule has 0 unspecified atom stereocenters. The van der Waals surface area contributed by atoms with Crippen molar-refractivity contribution in [2.24, 2.45) is 35.0 Å². The molecule has 2 aliphatic rings. The molecule has 2 rings (SSSR count). The fourth-order valence-corrected chi connectivity index (χ4v) is 4.51. The van der Waals surface area contributed by atoms with E-state index in [9.17, 15) is 4.79 Å². The highest BCUT2D eigenvalue weighted by Crippen LogP contribution is 2.59. The van der Waals surface area contributed by atoms with E-state index >= 15 is 0 Å². The fraction of sp³-hybridized carbons (Fsp3) is 0.722. The number of hydrogen-bond acceptors (Lipinski definition) is 1. The summed E-state index contributed by atoms with van der Waals surface area (Å²) in [6.07, 6.45) is 4.67. The second-order valence-electron chi connectivity index (χ2n) is 7.52. The normalized spacial score (nSPS) is 36.8. The Hall–Kier alpha value is -0.850. The van der Waals surface area contributed by atoms with Gasteiger partial charge in [-0.2, -0.15) is 0 Å². The lowest BCUT2D eigenvalue weighted by atomic mass is 9.71. The fourth-order valence-electron chi connectivity index (χ4n) is 4.51. The van der Waals surface area contributed by atoms with Crippen LogP contribution >= 0.6 is 0 Å². The van der Waals surface area contributed by atoms with Gasteiger partial charge in [-0.25, -0.2) is 0 Å². The molecule has 0 heterocycles. The average molecular weight is 260 g/mol. The van der Waals surface area contributed by atoms with Crippen molar-refractivity contribution >= 4 is 5.78 Å². The number of Topliss-reactive ketones (excluding diaryl/α,β-unsaturated/α-hetero) is 1. The summed E-state index contributed by atoms with van der Waals surface area (Å²) in [5.41, 5.74) is 2.45. The Morgan fingerprint density at radius 1 is 1.26 bits per heavy atom. The van der Waals surface area contributed by atoms with Crippen molar-refractivity contribution in [2.75, 3.05) is 0 Å². The molecule has 2 aliphatic carbocycles. The Bertz CT molecular complexity index is 450. The SMILES string of the molecule is CC(=O)C1=C[C@@H]2[C@H](C(C)C)[C@H](C)C(C)(C)[C@@H]2C=C1C. The molecule has 0 spiro atoms. The van der Waals surface area contributed by atoms with E-state index in [2.05, 4.69) is 53.7 Å². The highest BCUT2D eigenvalue weighted by atomic mass is 16.1. The Morgan fingerprint density at radius 2 is 1.84 bits per heavy atom. The van der Waals surface area contributed by atoms with Crippen molar-refractivity contribution in [2.45, 2.75) is 48.5 Å². The zero-order chi connectivity index (χ0) is 14.5. The lowest BCUT2D eigenvalue weighted by Crippen LogP contribution is -2.26. The summed E-state index contributed by atoms with van der Waals surface area (Å²) in [4.78, 5) is 11.8. The zero-order valence-electron chi connectivity index (χ0n) is 13.4. The maximum Gasteiger partial charge on any atom is 0.159 e. The third-order valence-electron chi connectivity index (χ3n) is 5.83. The number of rotatable bonds is 2. The molecule has 0 aliphatic heterocycles. The van der Waals surface area contributed by atoms with E-state index in [-0.39, 0.29) is 5.78 Å². The Labute approximate surface area is 118 Å². The van der Waals surface area contributed by atoms with Gasteiger partial charge in [0.25, 0.3) is 0 Å². The second-order valence-corrected chi connectivity index (χ2v) is 7.52. The van der Waals surface area contributed by atoms with E-state index in [1.165, 1.54) is 5.57 Å². The molecule has 0 radical (unpaired) electrons. The molecule has 1 nitrogen and oxygen atoms in total. The summed E-state index contributed by atoms with van der Waals surface area (Å²) in [6.45, 7) is 15.6. The maximum atomic E-state index is 11.8. The van der Waals surface area contributed by atoms with Crippen LogP contribution in [0.15, 0.2) is 23.3 Å². The molecule has 4 atom stereocenters. The van der Waals surface area contributed by atoms with Crippen LogP contribution in [0.2, 0.25) is 0 Å². The molecular weight excluding hydrogens is 232 g/mol. The number of fused-ring (bicyclic) bond motifs is 1. The van der Waals surface area contributed by atoms with Crippen LogP contribution in [0.25, 0.3) is 0 Å². The summed E-state index contributed by atoms with van der Waals surface area (Å²) < 4.78 is 0. The molecule has 0 bridgehead atoms. The third kappa shape index (κ3) is 2.11. The number of allylic oxidation sites excluding steroid dienone is 4. The smallest absolute Gasteiger partial charge is 0.159 e. The third-order valence-corrected chi connectivity index (χ3v) is 5.83. The molecule has 106 valence electrons. The lowest BCUT2D eigenvalue weighted by molar-refractivity contribution is -0.113. The molecule has 1 fully saturated rings. The summed E-state index contributed by atoms with van der Waals surface area (Å²) in [6, 6.07) is 0. The van der Waals surface area contributed by atoms with Gasteiger partial charge in [0.15, 0.2) is 5.78 Å². The van der Waals surface area contributed by atoms with Gasteiger partial charge in [0.1, 0.15) is 0 Å². The van der Waals surface area contributed by atoms with E-state index in [0.717, 1.165) is 5.57 Å². The summed E-state index contributed by atoms with van der Waals surface area (Å²) in [5.74, 6) is 3.37. The molecule has 0 amide bonds. The topological polar surface area (TPSA) is 17.1 Å². The van der Waals surface area contributed by atoms with Crippen molar-refractivity contribution in [1.82, 2.24) is 0 Å². The molecule has 19 heavy (non-hydrogen) atoms. The molecule has 0 aromatic carbocycles. The first kappa shape index (κ1) is 14.6. The van der Waals surface area contributed by atoms with Crippen LogP contribution in [0.1, 0.15) is 48.5 Å². The van der Waals surface area contributed by atoms with Gasteiger partial charge in [-0.1, -0.05) is 46.8 Å². The van der Waals surface area contributed by atoms with Crippen molar-refractivity contribution in [3.05, 3.63) is 23.3 Å². The van der Waals surface area contributed by atoms with E-state index in [0.29, 0.717) is 35.0 Å².